The van der Waals surface area contributed by atoms with Gasteiger partial charge in [-0.3, -0.25) is 4.90 Å². The maximum Gasteiger partial charge on any atom is 0.415 e. The lowest BCUT2D eigenvalue weighted by molar-refractivity contribution is -0.00123. The number of carbonyl (C=O) groups excluding carboxylic acids is 1. The average molecular weight is 275 g/mol. The predicted molar refractivity (Wildman–Crippen MR) is 82.0 cm³/mol. The maximum absolute atomic E-state index is 12.4. The van der Waals surface area contributed by atoms with Crippen LogP contribution in [0.25, 0.3) is 0 Å². The first kappa shape index (κ1) is 14.9. The van der Waals surface area contributed by atoms with Gasteiger partial charge in [0, 0.05) is 12.1 Å². The van der Waals surface area contributed by atoms with Crippen LogP contribution in [0.3, 0.4) is 0 Å². The lowest BCUT2D eigenvalue weighted by Crippen LogP contribution is -2.46. The zero-order valence-electron chi connectivity index (χ0n) is 13.0. The fraction of sp³-hybridized carbons (Fsp3) is 0.588. The lowest BCUT2D eigenvalue weighted by atomic mass is 9.85. The Bertz CT molecular complexity index is 478. The van der Waals surface area contributed by atoms with E-state index in [9.17, 15) is 4.79 Å². The molecule has 0 unspecified atom stereocenters. The fourth-order valence-corrected chi connectivity index (χ4v) is 2.84. The first-order valence-electron chi connectivity index (χ1n) is 7.64. The Labute approximate surface area is 121 Å². The monoisotopic (exact) mass is 275 g/mol. The van der Waals surface area contributed by atoms with Crippen molar-refractivity contribution >= 4 is 11.8 Å². The second kappa shape index (κ2) is 5.86. The molecule has 3 nitrogen and oxygen atoms in total. The van der Waals surface area contributed by atoms with E-state index < -0.39 is 5.60 Å². The number of amides is 1. The number of carbonyl (C=O) groups is 1. The summed E-state index contributed by atoms with van der Waals surface area (Å²) in [5.74, 6) is 0.569. The molecule has 0 aromatic heterocycles. The molecule has 1 aliphatic heterocycles. The van der Waals surface area contributed by atoms with E-state index in [4.69, 9.17) is 4.74 Å². The molecule has 1 aromatic carbocycles. The van der Waals surface area contributed by atoms with Crippen LogP contribution >= 0.6 is 0 Å². The standard InChI is InChI=1S/C17H25NO2/c1-5-17(6-2)14-9-7-8-10-15(14)18(16(19)20-17)12-11-13(3)4/h7-10,13H,5-6,11-12H2,1-4H3. The second-order valence-electron chi connectivity index (χ2n) is 5.92. The molecular formula is C17H25NO2. The Hall–Kier alpha value is -1.51. The van der Waals surface area contributed by atoms with Crippen LogP contribution in [-0.4, -0.2) is 12.6 Å². The third kappa shape index (κ3) is 2.54. The highest BCUT2D eigenvalue weighted by Crippen LogP contribution is 2.43. The van der Waals surface area contributed by atoms with Crippen LogP contribution < -0.4 is 4.90 Å². The van der Waals surface area contributed by atoms with E-state index in [2.05, 4.69) is 33.8 Å². The number of para-hydroxylation sites is 1. The van der Waals surface area contributed by atoms with E-state index in [1.807, 2.05) is 18.2 Å². The minimum absolute atomic E-state index is 0.201. The summed E-state index contributed by atoms with van der Waals surface area (Å²) >= 11 is 0. The molecule has 3 heteroatoms. The number of rotatable bonds is 5. The van der Waals surface area contributed by atoms with Crippen molar-refractivity contribution in [3.05, 3.63) is 29.8 Å². The van der Waals surface area contributed by atoms with E-state index in [-0.39, 0.29) is 6.09 Å². The smallest absolute Gasteiger partial charge is 0.415 e. The summed E-state index contributed by atoms with van der Waals surface area (Å²) in [6.45, 7) is 9.22. The van der Waals surface area contributed by atoms with Crippen LogP contribution in [0, 0.1) is 5.92 Å². The van der Waals surface area contributed by atoms with Crippen LogP contribution in [0.4, 0.5) is 10.5 Å². The van der Waals surface area contributed by atoms with Gasteiger partial charge in [0.05, 0.1) is 5.69 Å². The van der Waals surface area contributed by atoms with Crippen LogP contribution in [0.5, 0.6) is 0 Å². The van der Waals surface area contributed by atoms with E-state index in [0.29, 0.717) is 5.92 Å². The molecule has 0 N–H and O–H groups in total. The number of nitrogens with zero attached hydrogens (tertiary/aromatic N) is 1. The van der Waals surface area contributed by atoms with E-state index in [1.54, 1.807) is 4.90 Å². The van der Waals surface area contributed by atoms with E-state index in [1.165, 1.54) is 0 Å². The number of hydrogen-bond acceptors (Lipinski definition) is 2. The van der Waals surface area contributed by atoms with Crippen LogP contribution in [-0.2, 0) is 10.3 Å². The Morgan fingerprint density at radius 1 is 1.20 bits per heavy atom. The SMILES string of the molecule is CCC1(CC)OC(=O)N(CCC(C)C)c2ccccc21. The van der Waals surface area contributed by atoms with Gasteiger partial charge in [0.15, 0.2) is 0 Å². The summed E-state index contributed by atoms with van der Waals surface area (Å²) in [7, 11) is 0. The van der Waals surface area contributed by atoms with Crippen molar-refractivity contribution < 1.29 is 9.53 Å². The molecule has 110 valence electrons. The number of ether oxygens (including phenoxy) is 1. The predicted octanol–water partition coefficient (Wildman–Crippen LogP) is 4.70. The van der Waals surface area contributed by atoms with Crippen molar-refractivity contribution in [2.75, 3.05) is 11.4 Å². The van der Waals surface area contributed by atoms with Gasteiger partial charge in [-0.2, -0.15) is 0 Å². The summed E-state index contributed by atoms with van der Waals surface area (Å²) in [6.07, 6.45) is 2.40. The summed E-state index contributed by atoms with van der Waals surface area (Å²) in [6, 6.07) is 8.15. The zero-order chi connectivity index (χ0) is 14.8. The van der Waals surface area contributed by atoms with Gasteiger partial charge in [-0.25, -0.2) is 4.79 Å². The fourth-order valence-electron chi connectivity index (χ4n) is 2.84. The zero-order valence-corrected chi connectivity index (χ0v) is 13.0. The number of hydrogen-bond donors (Lipinski definition) is 0. The Balaban J connectivity index is 2.40. The van der Waals surface area contributed by atoms with E-state index in [0.717, 1.165) is 37.1 Å². The third-order valence-electron chi connectivity index (χ3n) is 4.26. The van der Waals surface area contributed by atoms with Crippen molar-refractivity contribution in [1.82, 2.24) is 0 Å². The largest absolute Gasteiger partial charge is 0.438 e. The van der Waals surface area contributed by atoms with E-state index >= 15 is 0 Å². The molecule has 0 radical (unpaired) electrons. The Morgan fingerprint density at radius 2 is 1.85 bits per heavy atom. The molecule has 0 atom stereocenters. The Morgan fingerprint density at radius 3 is 2.45 bits per heavy atom. The Kier molecular flexibility index (Phi) is 4.36. The van der Waals surface area contributed by atoms with Gasteiger partial charge in [0.1, 0.15) is 5.60 Å². The summed E-state index contributed by atoms with van der Waals surface area (Å²) in [5, 5.41) is 0. The van der Waals surface area contributed by atoms with Gasteiger partial charge in [-0.1, -0.05) is 45.9 Å². The van der Waals surface area contributed by atoms with Crippen molar-refractivity contribution in [2.45, 2.75) is 52.6 Å². The minimum atomic E-state index is -0.456. The first-order chi connectivity index (χ1) is 9.54. The molecular weight excluding hydrogens is 250 g/mol. The number of fused-ring (bicyclic) bond motifs is 1. The van der Waals surface area contributed by atoms with Crippen LogP contribution in [0.2, 0.25) is 0 Å². The van der Waals surface area contributed by atoms with Gasteiger partial charge in [0.25, 0.3) is 0 Å². The third-order valence-corrected chi connectivity index (χ3v) is 4.26. The molecule has 1 aliphatic rings. The second-order valence-corrected chi connectivity index (χ2v) is 5.92. The summed E-state index contributed by atoms with van der Waals surface area (Å²) < 4.78 is 5.83. The number of anilines is 1. The normalized spacial score (nSPS) is 17.1. The molecule has 0 aliphatic carbocycles. The number of cyclic esters (lactones) is 1. The summed E-state index contributed by atoms with van der Waals surface area (Å²) in [5.41, 5.74) is 1.71. The lowest BCUT2D eigenvalue weighted by Gasteiger charge is -2.42. The van der Waals surface area contributed by atoms with Crippen LogP contribution in [0.1, 0.15) is 52.5 Å². The van der Waals surface area contributed by atoms with Crippen LogP contribution in [0.15, 0.2) is 24.3 Å². The van der Waals surface area contributed by atoms with Gasteiger partial charge < -0.3 is 4.74 Å². The molecule has 0 spiro atoms. The molecule has 20 heavy (non-hydrogen) atoms. The van der Waals surface area contributed by atoms with Crippen molar-refractivity contribution in [2.24, 2.45) is 5.92 Å². The molecule has 1 amide bonds. The summed E-state index contributed by atoms with van der Waals surface area (Å²) in [4.78, 5) is 14.2. The molecule has 0 bridgehead atoms. The van der Waals surface area contributed by atoms with Gasteiger partial charge in [0.2, 0.25) is 0 Å². The maximum atomic E-state index is 12.4. The van der Waals surface area contributed by atoms with Gasteiger partial charge in [-0.05, 0) is 31.2 Å². The van der Waals surface area contributed by atoms with Crippen molar-refractivity contribution in [3.63, 3.8) is 0 Å². The minimum Gasteiger partial charge on any atom is -0.438 e. The number of benzene rings is 1. The highest BCUT2D eigenvalue weighted by molar-refractivity contribution is 5.91. The molecule has 1 aromatic rings. The highest BCUT2D eigenvalue weighted by atomic mass is 16.6. The van der Waals surface area contributed by atoms with Gasteiger partial charge in [-0.15, -0.1) is 0 Å². The average Bonchev–Trinajstić information content (AvgIpc) is 2.45. The van der Waals surface area contributed by atoms with Gasteiger partial charge >= 0.3 is 6.09 Å². The molecule has 2 rings (SSSR count). The quantitative estimate of drug-likeness (QED) is 0.779. The highest BCUT2D eigenvalue weighted by Gasteiger charge is 2.42. The molecule has 1 heterocycles. The van der Waals surface area contributed by atoms with Crippen molar-refractivity contribution in [1.29, 1.82) is 0 Å². The first-order valence-corrected chi connectivity index (χ1v) is 7.64. The topological polar surface area (TPSA) is 29.5 Å². The molecule has 0 saturated heterocycles. The molecule has 0 fully saturated rings. The molecule has 0 saturated carbocycles. The van der Waals surface area contributed by atoms with Crippen molar-refractivity contribution in [3.8, 4) is 0 Å².